The standard InChI is InChI=1S/C21H24N4O4S/c1-23-21(26)25(17-6-4-3-5-7-17)20(22-23)16-12-14-24(15-13-16)30(27,28)19-10-8-18(29-2)9-11-19/h3-11,16H,12-15H2,1-2H3. The van der Waals surface area contributed by atoms with E-state index in [0.717, 1.165) is 5.69 Å². The molecule has 3 aromatic rings. The lowest BCUT2D eigenvalue weighted by molar-refractivity contribution is 0.311. The molecule has 2 aromatic carbocycles. The molecule has 8 nitrogen and oxygen atoms in total. The lowest BCUT2D eigenvalue weighted by Crippen LogP contribution is -2.38. The van der Waals surface area contributed by atoms with E-state index in [4.69, 9.17) is 4.74 Å². The number of ether oxygens (including phenoxy) is 1. The first-order valence-corrected chi connectivity index (χ1v) is 11.2. The molecule has 0 atom stereocenters. The van der Waals surface area contributed by atoms with E-state index in [1.54, 1.807) is 43.0 Å². The highest BCUT2D eigenvalue weighted by molar-refractivity contribution is 7.89. The molecule has 0 N–H and O–H groups in total. The molecule has 0 amide bonds. The Morgan fingerprint density at radius 1 is 1.00 bits per heavy atom. The number of sulfonamides is 1. The third kappa shape index (κ3) is 3.66. The van der Waals surface area contributed by atoms with Crippen molar-refractivity contribution in [3.05, 3.63) is 70.9 Å². The fraction of sp³-hybridized carbons (Fsp3) is 0.333. The fourth-order valence-electron chi connectivity index (χ4n) is 3.82. The second kappa shape index (κ2) is 8.08. The van der Waals surface area contributed by atoms with Crippen LogP contribution in [-0.4, -0.2) is 47.3 Å². The van der Waals surface area contributed by atoms with Crippen molar-refractivity contribution in [3.63, 3.8) is 0 Å². The Kier molecular flexibility index (Phi) is 5.48. The number of hydrogen-bond donors (Lipinski definition) is 0. The normalized spacial score (nSPS) is 15.9. The van der Waals surface area contributed by atoms with E-state index >= 15 is 0 Å². The minimum Gasteiger partial charge on any atom is -0.497 e. The van der Waals surface area contributed by atoms with Crippen molar-refractivity contribution in [2.45, 2.75) is 23.7 Å². The molecule has 9 heteroatoms. The molecule has 2 heterocycles. The Bertz CT molecular complexity index is 1180. The molecular formula is C21H24N4O4S. The van der Waals surface area contributed by atoms with Crippen LogP contribution in [0.25, 0.3) is 5.69 Å². The van der Waals surface area contributed by atoms with Crippen molar-refractivity contribution >= 4 is 10.0 Å². The van der Waals surface area contributed by atoms with Gasteiger partial charge in [-0.05, 0) is 49.2 Å². The van der Waals surface area contributed by atoms with Gasteiger partial charge in [0.15, 0.2) is 0 Å². The highest BCUT2D eigenvalue weighted by Crippen LogP contribution is 2.30. The number of piperidine rings is 1. The molecule has 1 saturated heterocycles. The zero-order valence-electron chi connectivity index (χ0n) is 16.9. The van der Waals surface area contributed by atoms with E-state index in [1.807, 2.05) is 30.3 Å². The Balaban J connectivity index is 1.55. The van der Waals surface area contributed by atoms with Gasteiger partial charge >= 0.3 is 5.69 Å². The maximum atomic E-state index is 13.0. The van der Waals surface area contributed by atoms with Gasteiger partial charge in [0.1, 0.15) is 11.6 Å². The second-order valence-corrected chi connectivity index (χ2v) is 9.23. The number of para-hydroxylation sites is 1. The van der Waals surface area contributed by atoms with E-state index < -0.39 is 10.0 Å². The molecule has 0 unspecified atom stereocenters. The van der Waals surface area contributed by atoms with Gasteiger partial charge < -0.3 is 4.74 Å². The molecule has 1 aromatic heterocycles. The van der Waals surface area contributed by atoms with Gasteiger partial charge in [0, 0.05) is 26.1 Å². The van der Waals surface area contributed by atoms with Gasteiger partial charge in [-0.1, -0.05) is 18.2 Å². The monoisotopic (exact) mass is 428 g/mol. The molecule has 30 heavy (non-hydrogen) atoms. The van der Waals surface area contributed by atoms with Gasteiger partial charge in [-0.2, -0.15) is 9.40 Å². The van der Waals surface area contributed by atoms with Crippen LogP contribution in [0.4, 0.5) is 0 Å². The van der Waals surface area contributed by atoms with Crippen molar-refractivity contribution in [1.82, 2.24) is 18.7 Å². The average Bonchev–Trinajstić information content (AvgIpc) is 3.09. The predicted octanol–water partition coefficient (Wildman–Crippen LogP) is 2.15. The molecule has 0 aliphatic carbocycles. The van der Waals surface area contributed by atoms with E-state index in [0.29, 0.717) is 37.5 Å². The lowest BCUT2D eigenvalue weighted by atomic mass is 9.97. The summed E-state index contributed by atoms with van der Waals surface area (Å²) in [6.07, 6.45) is 1.19. The van der Waals surface area contributed by atoms with E-state index in [1.165, 1.54) is 8.99 Å². The molecule has 0 spiro atoms. The molecular weight excluding hydrogens is 404 g/mol. The van der Waals surface area contributed by atoms with Crippen LogP contribution in [0.2, 0.25) is 0 Å². The minimum absolute atomic E-state index is 0.00132. The van der Waals surface area contributed by atoms with Gasteiger partial charge in [-0.25, -0.2) is 22.5 Å². The van der Waals surface area contributed by atoms with Crippen LogP contribution in [0.15, 0.2) is 64.3 Å². The third-order valence-electron chi connectivity index (χ3n) is 5.48. The Hall–Kier alpha value is -2.91. The van der Waals surface area contributed by atoms with Crippen molar-refractivity contribution in [2.24, 2.45) is 7.05 Å². The molecule has 158 valence electrons. The molecule has 1 aliphatic rings. The number of rotatable bonds is 5. The highest BCUT2D eigenvalue weighted by atomic mass is 32.2. The molecule has 1 aliphatic heterocycles. The smallest absolute Gasteiger partial charge is 0.350 e. The number of aryl methyl sites for hydroxylation is 1. The first-order chi connectivity index (χ1) is 14.4. The third-order valence-corrected chi connectivity index (χ3v) is 7.39. The summed E-state index contributed by atoms with van der Waals surface area (Å²) in [4.78, 5) is 12.9. The quantitative estimate of drug-likeness (QED) is 0.622. The maximum absolute atomic E-state index is 13.0. The van der Waals surface area contributed by atoms with E-state index in [-0.39, 0.29) is 16.5 Å². The highest BCUT2D eigenvalue weighted by Gasteiger charge is 2.32. The summed E-state index contributed by atoms with van der Waals surface area (Å²) in [6.45, 7) is 0.747. The summed E-state index contributed by atoms with van der Waals surface area (Å²) < 4.78 is 35.5. The van der Waals surface area contributed by atoms with Crippen LogP contribution >= 0.6 is 0 Å². The maximum Gasteiger partial charge on any atom is 0.350 e. The summed E-state index contributed by atoms with van der Waals surface area (Å²) in [7, 11) is -0.398. The lowest BCUT2D eigenvalue weighted by Gasteiger charge is -2.30. The molecule has 4 rings (SSSR count). The van der Waals surface area contributed by atoms with Gasteiger partial charge in [0.25, 0.3) is 0 Å². The summed E-state index contributed by atoms with van der Waals surface area (Å²) >= 11 is 0. The zero-order valence-corrected chi connectivity index (χ0v) is 17.7. The number of benzene rings is 2. The number of methoxy groups -OCH3 is 1. The molecule has 0 saturated carbocycles. The van der Waals surface area contributed by atoms with Gasteiger partial charge in [-0.15, -0.1) is 0 Å². The summed E-state index contributed by atoms with van der Waals surface area (Å²) in [5.74, 6) is 1.29. The van der Waals surface area contributed by atoms with Crippen molar-refractivity contribution < 1.29 is 13.2 Å². The second-order valence-electron chi connectivity index (χ2n) is 7.29. The van der Waals surface area contributed by atoms with Gasteiger partial charge in [0.05, 0.1) is 17.7 Å². The number of aromatic nitrogens is 3. The zero-order chi connectivity index (χ0) is 21.3. The average molecular weight is 429 g/mol. The largest absolute Gasteiger partial charge is 0.497 e. The van der Waals surface area contributed by atoms with Crippen LogP contribution in [-0.2, 0) is 17.1 Å². The summed E-state index contributed by atoms with van der Waals surface area (Å²) in [5, 5.41) is 4.46. The Morgan fingerprint density at radius 2 is 1.63 bits per heavy atom. The molecule has 0 bridgehead atoms. The number of nitrogens with zero attached hydrogens (tertiary/aromatic N) is 4. The van der Waals surface area contributed by atoms with Crippen LogP contribution in [0.1, 0.15) is 24.6 Å². The summed E-state index contributed by atoms with van der Waals surface area (Å²) in [6, 6.07) is 15.8. The van der Waals surface area contributed by atoms with Crippen LogP contribution in [0, 0.1) is 0 Å². The number of hydrogen-bond acceptors (Lipinski definition) is 5. The molecule has 0 radical (unpaired) electrons. The molecule has 1 fully saturated rings. The minimum atomic E-state index is -3.57. The van der Waals surface area contributed by atoms with Gasteiger partial charge in [0.2, 0.25) is 10.0 Å². The summed E-state index contributed by atoms with van der Waals surface area (Å²) in [5.41, 5.74) is 0.559. The Morgan fingerprint density at radius 3 is 2.23 bits per heavy atom. The predicted molar refractivity (Wildman–Crippen MR) is 113 cm³/mol. The van der Waals surface area contributed by atoms with Crippen LogP contribution in [0.3, 0.4) is 0 Å². The topological polar surface area (TPSA) is 86.4 Å². The van der Waals surface area contributed by atoms with Crippen LogP contribution < -0.4 is 10.4 Å². The van der Waals surface area contributed by atoms with Crippen molar-refractivity contribution in [1.29, 1.82) is 0 Å². The van der Waals surface area contributed by atoms with Crippen molar-refractivity contribution in [2.75, 3.05) is 20.2 Å². The van der Waals surface area contributed by atoms with Gasteiger partial charge in [-0.3, -0.25) is 0 Å². The fourth-order valence-corrected chi connectivity index (χ4v) is 5.29. The van der Waals surface area contributed by atoms with Crippen LogP contribution in [0.5, 0.6) is 5.75 Å². The van der Waals surface area contributed by atoms with E-state index in [9.17, 15) is 13.2 Å². The van der Waals surface area contributed by atoms with E-state index in [2.05, 4.69) is 5.10 Å². The first-order valence-electron chi connectivity index (χ1n) is 9.77. The first kappa shape index (κ1) is 20.4. The SMILES string of the molecule is COc1ccc(S(=O)(=O)N2CCC(c3nn(C)c(=O)n3-c3ccccc3)CC2)cc1. The van der Waals surface area contributed by atoms with Crippen molar-refractivity contribution in [3.8, 4) is 11.4 Å². The Labute approximate surface area is 175 Å².